The molecular weight excluding hydrogens is 531 g/mol. The Morgan fingerprint density at radius 1 is 1.25 bits per heavy atom. The van der Waals surface area contributed by atoms with Crippen LogP contribution in [0, 0.1) is 17.1 Å². The lowest BCUT2D eigenvalue weighted by Crippen LogP contribution is -2.47. The van der Waals surface area contributed by atoms with Gasteiger partial charge in [-0.1, -0.05) is 5.92 Å². The van der Waals surface area contributed by atoms with Crippen molar-refractivity contribution in [2.24, 2.45) is 0 Å². The van der Waals surface area contributed by atoms with Crippen LogP contribution in [-0.4, -0.2) is 58.5 Å². The number of aromatic nitrogens is 2. The Balaban J connectivity index is 2.28. The van der Waals surface area contributed by atoms with Crippen LogP contribution in [0.1, 0.15) is 6.23 Å². The number of phosphoric ester groups is 1. The summed E-state index contributed by atoms with van der Waals surface area (Å²) in [7, 11) is -17.4. The molecule has 180 valence electrons. The number of aliphatic hydroxyl groups is 1. The molecule has 0 bridgehead atoms. The Bertz CT molecular complexity index is 1190. The van der Waals surface area contributed by atoms with Gasteiger partial charge in [0.25, 0.3) is 11.4 Å². The van der Waals surface area contributed by atoms with E-state index in [4.69, 9.17) is 38.1 Å². The summed E-state index contributed by atoms with van der Waals surface area (Å²) in [5, 5.41) is 10.1. The molecule has 0 aliphatic carbocycles. The molecule has 0 amide bonds. The predicted molar refractivity (Wildman–Crippen MR) is 98.3 cm³/mol. The maximum Gasteiger partial charge on any atom is 0.490 e. The van der Waals surface area contributed by atoms with E-state index in [1.165, 1.54) is 5.92 Å². The molecule has 32 heavy (non-hydrogen) atoms. The Kier molecular flexibility index (Phi) is 7.53. The Labute approximate surface area is 181 Å². The lowest BCUT2D eigenvalue weighted by atomic mass is 9.96. The van der Waals surface area contributed by atoms with Gasteiger partial charge >= 0.3 is 23.5 Å². The molecule has 0 aromatic carbocycles. The summed E-state index contributed by atoms with van der Waals surface area (Å²) in [6.07, 6.45) is 0.730. The van der Waals surface area contributed by atoms with Crippen molar-refractivity contribution in [3.05, 3.63) is 27.4 Å². The number of halogens is 2. The zero-order chi connectivity index (χ0) is 24.8. The van der Waals surface area contributed by atoms with Crippen LogP contribution >= 0.6 is 35.7 Å². The van der Waals surface area contributed by atoms with Crippen LogP contribution in [-0.2, 0) is 31.6 Å². The van der Waals surface area contributed by atoms with E-state index in [-0.39, 0.29) is 0 Å². The van der Waals surface area contributed by atoms with Gasteiger partial charge in [0.15, 0.2) is 17.1 Å². The molecular formula is C11H13F2N2O13P3S. The van der Waals surface area contributed by atoms with Gasteiger partial charge in [-0.2, -0.15) is 8.62 Å². The number of rotatable bonds is 8. The second-order valence-electron chi connectivity index (χ2n) is 5.95. The van der Waals surface area contributed by atoms with Crippen LogP contribution in [0.25, 0.3) is 0 Å². The van der Waals surface area contributed by atoms with Crippen LogP contribution in [0.3, 0.4) is 0 Å². The molecule has 1 aromatic rings. The first-order valence-electron chi connectivity index (χ1n) is 7.65. The van der Waals surface area contributed by atoms with Crippen molar-refractivity contribution in [2.45, 2.75) is 23.9 Å². The van der Waals surface area contributed by atoms with Crippen molar-refractivity contribution >= 4 is 35.7 Å². The van der Waals surface area contributed by atoms with Gasteiger partial charge in [-0.05, 0) is 12.2 Å². The monoisotopic (exact) mass is 544 g/mol. The number of H-pyrrole nitrogens is 1. The van der Waals surface area contributed by atoms with Crippen molar-refractivity contribution in [2.75, 3.05) is 6.61 Å². The fourth-order valence-electron chi connectivity index (χ4n) is 2.39. The van der Waals surface area contributed by atoms with Crippen LogP contribution < -0.4 is 5.56 Å². The molecule has 1 aromatic heterocycles. The van der Waals surface area contributed by atoms with Gasteiger partial charge in [-0.15, -0.1) is 6.42 Å². The van der Waals surface area contributed by atoms with E-state index >= 15 is 8.78 Å². The third kappa shape index (κ3) is 6.04. The minimum absolute atomic E-state index is 0.510. The molecule has 1 saturated heterocycles. The maximum absolute atomic E-state index is 15.2. The summed E-state index contributed by atoms with van der Waals surface area (Å²) in [6.45, 7) is -1.86. The number of alkyl halides is 2. The molecule has 21 heteroatoms. The molecule has 1 fully saturated rings. The van der Waals surface area contributed by atoms with Gasteiger partial charge in [0.05, 0.1) is 0 Å². The van der Waals surface area contributed by atoms with Gasteiger partial charge in [0, 0.05) is 12.3 Å². The highest BCUT2D eigenvalue weighted by molar-refractivity contribution is 7.71. The number of nitrogens with zero attached hydrogens (tertiary/aromatic N) is 1. The van der Waals surface area contributed by atoms with Gasteiger partial charge in [-0.25, -0.2) is 22.5 Å². The minimum atomic E-state index is -5.92. The average Bonchev–Trinajstić information content (AvgIpc) is 2.80. The summed E-state index contributed by atoms with van der Waals surface area (Å²) in [4.78, 5) is 48.7. The smallest absolute Gasteiger partial charge is 0.383 e. The zero-order valence-corrected chi connectivity index (χ0v) is 18.5. The summed E-state index contributed by atoms with van der Waals surface area (Å²) in [5.41, 5.74) is -4.11. The third-order valence-electron chi connectivity index (χ3n) is 3.64. The molecule has 0 spiro atoms. The van der Waals surface area contributed by atoms with Crippen LogP contribution in [0.2, 0.25) is 0 Å². The molecule has 0 radical (unpaired) electrons. The van der Waals surface area contributed by atoms with E-state index in [0.29, 0.717) is 4.57 Å². The topological polar surface area (TPSA) is 227 Å². The van der Waals surface area contributed by atoms with E-state index in [2.05, 4.69) is 18.1 Å². The first kappa shape index (κ1) is 27.1. The number of aliphatic hydroxyl groups excluding tert-OH is 1. The summed E-state index contributed by atoms with van der Waals surface area (Å²) < 4.78 is 79.7. The summed E-state index contributed by atoms with van der Waals surface area (Å²) in [5.74, 6) is -2.26. The minimum Gasteiger partial charge on any atom is -0.383 e. The quantitative estimate of drug-likeness (QED) is 0.145. The number of hydrogen-bond acceptors (Lipinski definition) is 10. The first-order valence-corrected chi connectivity index (χ1v) is 12.6. The lowest BCUT2D eigenvalue weighted by molar-refractivity contribution is -0.204. The third-order valence-corrected chi connectivity index (χ3v) is 7.73. The molecule has 1 aliphatic heterocycles. The van der Waals surface area contributed by atoms with Gasteiger partial charge < -0.3 is 29.4 Å². The summed E-state index contributed by atoms with van der Waals surface area (Å²) >= 11 is 4.78. The molecule has 1 aliphatic rings. The number of hydrogen-bond donors (Lipinski definition) is 6. The number of ether oxygens (including phenoxy) is 1. The van der Waals surface area contributed by atoms with E-state index < -0.39 is 64.3 Å². The highest BCUT2D eigenvalue weighted by atomic mass is 32.1. The fourth-order valence-corrected chi connectivity index (χ4v) is 5.68. The van der Waals surface area contributed by atoms with Crippen molar-refractivity contribution in [1.82, 2.24) is 9.55 Å². The van der Waals surface area contributed by atoms with Crippen molar-refractivity contribution in [1.29, 1.82) is 0 Å². The van der Waals surface area contributed by atoms with Crippen LogP contribution in [0.4, 0.5) is 8.78 Å². The normalized spacial score (nSPS) is 32.1. The van der Waals surface area contributed by atoms with E-state index in [0.717, 1.165) is 12.3 Å². The molecule has 2 heterocycles. The second kappa shape index (κ2) is 8.90. The number of terminal acetylenes is 1. The van der Waals surface area contributed by atoms with Crippen LogP contribution in [0.5, 0.6) is 0 Å². The van der Waals surface area contributed by atoms with Crippen molar-refractivity contribution in [3.63, 3.8) is 0 Å². The SMILES string of the molecule is C#CC1(F)[C@@H](O)[C@@](F)(COP(=O)(O)OP(=O)(O)OP(=O)(O)O)O[C@H]1n1ccc(=O)[nH]c1=S. The number of aromatic amines is 1. The van der Waals surface area contributed by atoms with Crippen molar-refractivity contribution < 1.29 is 65.0 Å². The van der Waals surface area contributed by atoms with E-state index in [9.17, 15) is 28.5 Å². The Morgan fingerprint density at radius 3 is 2.34 bits per heavy atom. The second-order valence-corrected chi connectivity index (χ2v) is 10.8. The van der Waals surface area contributed by atoms with Gasteiger partial charge in [-0.3, -0.25) is 18.9 Å². The van der Waals surface area contributed by atoms with E-state index in [1.54, 1.807) is 0 Å². The highest BCUT2D eigenvalue weighted by Gasteiger charge is 2.67. The van der Waals surface area contributed by atoms with Crippen molar-refractivity contribution in [3.8, 4) is 12.3 Å². The van der Waals surface area contributed by atoms with E-state index in [1.807, 2.05) is 0 Å². The average molecular weight is 544 g/mol. The Morgan fingerprint density at radius 2 is 1.84 bits per heavy atom. The predicted octanol–water partition coefficient (Wildman–Crippen LogP) is 0.146. The number of nitrogens with one attached hydrogen (secondary N) is 1. The lowest BCUT2D eigenvalue weighted by Gasteiger charge is -2.25. The molecule has 0 saturated carbocycles. The maximum atomic E-state index is 15.2. The molecule has 6 atom stereocenters. The highest BCUT2D eigenvalue weighted by Crippen LogP contribution is 2.66. The fraction of sp³-hybridized carbons (Fsp3) is 0.455. The molecule has 2 rings (SSSR count). The van der Waals surface area contributed by atoms with Gasteiger partial charge in [0.1, 0.15) is 6.61 Å². The molecule has 15 nitrogen and oxygen atoms in total. The first-order chi connectivity index (χ1) is 14.3. The van der Waals surface area contributed by atoms with Gasteiger partial charge in [0.2, 0.25) is 5.67 Å². The zero-order valence-electron chi connectivity index (χ0n) is 15.0. The molecule has 3 unspecified atom stereocenters. The summed E-state index contributed by atoms with van der Waals surface area (Å²) in [6, 6.07) is 0.826. The standard InChI is InChI=1S/C11H13F2N2O13P3S/c1-2-10(12)7(17)11(13,26-8(10)15-4-3-6(16)14-9(15)32)5-25-30(21,22)28-31(23,24)27-29(18,19)20/h1,3-4,7-8,17H,5H2,(H,21,22)(H,23,24)(H,14,16,32)(H2,18,19,20)/t7-,8-,10?,11-/m1/s1. The Hall–Kier alpha value is -1.15. The van der Waals surface area contributed by atoms with Crippen LogP contribution in [0.15, 0.2) is 17.1 Å². The molecule has 6 N–H and O–H groups in total. The largest absolute Gasteiger partial charge is 0.490 e. The number of phosphoric acid groups is 3.